The number of hydrogen-bond donors (Lipinski definition) is 2. The van der Waals surface area contributed by atoms with Crippen molar-refractivity contribution in [1.29, 1.82) is 0 Å². The zero-order valence-corrected chi connectivity index (χ0v) is 10.9. The second-order valence-electron chi connectivity index (χ2n) is 4.02. The molecule has 3 unspecified atom stereocenters. The second-order valence-corrected chi connectivity index (χ2v) is 5.76. The molecule has 1 aromatic heterocycles. The fraction of sp³-hybridized carbons (Fsp3) is 0.636. The van der Waals surface area contributed by atoms with Crippen molar-refractivity contribution in [2.45, 2.75) is 45.4 Å². The number of hydrogen-bond acceptors (Lipinski definition) is 3. The summed E-state index contributed by atoms with van der Waals surface area (Å²) in [5.74, 6) is 0. The average Bonchev–Trinajstić information content (AvgIpc) is 2.49. The van der Waals surface area contributed by atoms with Gasteiger partial charge >= 0.3 is 0 Å². The van der Waals surface area contributed by atoms with Crippen molar-refractivity contribution in [3.63, 3.8) is 0 Å². The first-order valence-corrected chi connectivity index (χ1v) is 6.38. The molecule has 4 heteroatoms. The maximum atomic E-state index is 9.25. The van der Waals surface area contributed by atoms with Gasteiger partial charge in [0.05, 0.1) is 10.4 Å². The molecule has 0 amide bonds. The van der Waals surface area contributed by atoms with Crippen LogP contribution in [0.1, 0.15) is 38.1 Å². The molecular formula is C11H18ClNOS. The van der Waals surface area contributed by atoms with Gasteiger partial charge in [-0.05, 0) is 39.3 Å². The lowest BCUT2D eigenvalue weighted by Crippen LogP contribution is -2.31. The van der Waals surface area contributed by atoms with Crippen LogP contribution < -0.4 is 5.32 Å². The summed E-state index contributed by atoms with van der Waals surface area (Å²) in [4.78, 5) is 1.23. The molecule has 1 heterocycles. The summed E-state index contributed by atoms with van der Waals surface area (Å²) in [5, 5.41) is 12.7. The Balaban J connectivity index is 2.45. The first kappa shape index (κ1) is 13.0. The zero-order valence-electron chi connectivity index (χ0n) is 9.33. The minimum Gasteiger partial charge on any atom is -0.393 e. The number of aliphatic hydroxyl groups excluding tert-OH is 1. The van der Waals surface area contributed by atoms with Crippen molar-refractivity contribution < 1.29 is 5.11 Å². The summed E-state index contributed by atoms with van der Waals surface area (Å²) in [6.07, 6.45) is 0.510. The molecule has 3 atom stereocenters. The predicted octanol–water partition coefficient (Wildman–Crippen LogP) is 3.21. The van der Waals surface area contributed by atoms with E-state index in [1.54, 1.807) is 11.3 Å². The molecule has 0 saturated carbocycles. The van der Waals surface area contributed by atoms with Crippen molar-refractivity contribution in [3.05, 3.63) is 21.3 Å². The van der Waals surface area contributed by atoms with Gasteiger partial charge in [-0.25, -0.2) is 0 Å². The van der Waals surface area contributed by atoms with Crippen LogP contribution in [0.4, 0.5) is 0 Å². The van der Waals surface area contributed by atoms with Crippen LogP contribution in [0.15, 0.2) is 12.1 Å². The van der Waals surface area contributed by atoms with Gasteiger partial charge in [-0.2, -0.15) is 0 Å². The van der Waals surface area contributed by atoms with E-state index in [0.29, 0.717) is 6.04 Å². The maximum Gasteiger partial charge on any atom is 0.0931 e. The van der Waals surface area contributed by atoms with E-state index in [1.807, 2.05) is 19.1 Å². The molecule has 15 heavy (non-hydrogen) atoms. The Hall–Kier alpha value is -0.0900. The molecular weight excluding hydrogens is 230 g/mol. The number of halogens is 1. The molecule has 0 aromatic carbocycles. The van der Waals surface area contributed by atoms with E-state index in [0.717, 1.165) is 10.8 Å². The Morgan fingerprint density at radius 1 is 1.40 bits per heavy atom. The fourth-order valence-corrected chi connectivity index (χ4v) is 2.72. The van der Waals surface area contributed by atoms with E-state index >= 15 is 0 Å². The van der Waals surface area contributed by atoms with Crippen molar-refractivity contribution >= 4 is 22.9 Å². The summed E-state index contributed by atoms with van der Waals surface area (Å²) < 4.78 is 0.821. The van der Waals surface area contributed by atoms with E-state index in [1.165, 1.54) is 4.88 Å². The van der Waals surface area contributed by atoms with Gasteiger partial charge < -0.3 is 10.4 Å². The van der Waals surface area contributed by atoms with Gasteiger partial charge in [0.2, 0.25) is 0 Å². The Bertz CT molecular complexity index is 301. The normalized spacial score (nSPS) is 17.4. The quantitative estimate of drug-likeness (QED) is 0.838. The molecule has 0 fully saturated rings. The van der Waals surface area contributed by atoms with Crippen LogP contribution in [0.5, 0.6) is 0 Å². The highest BCUT2D eigenvalue weighted by atomic mass is 35.5. The number of rotatable bonds is 5. The van der Waals surface area contributed by atoms with E-state index in [4.69, 9.17) is 11.6 Å². The minimum atomic E-state index is -0.258. The average molecular weight is 248 g/mol. The molecule has 2 N–H and O–H groups in total. The summed E-state index contributed by atoms with van der Waals surface area (Å²) in [6, 6.07) is 4.55. The van der Waals surface area contributed by atoms with Crippen LogP contribution >= 0.6 is 22.9 Å². The van der Waals surface area contributed by atoms with Crippen molar-refractivity contribution in [1.82, 2.24) is 5.32 Å². The number of aliphatic hydroxyl groups is 1. The van der Waals surface area contributed by atoms with Crippen LogP contribution in [-0.2, 0) is 0 Å². The van der Waals surface area contributed by atoms with Crippen LogP contribution in [0, 0.1) is 0 Å². The molecule has 1 rings (SSSR count). The van der Waals surface area contributed by atoms with Crippen molar-refractivity contribution in [2.75, 3.05) is 0 Å². The van der Waals surface area contributed by atoms with Crippen LogP contribution in [-0.4, -0.2) is 17.3 Å². The number of nitrogens with one attached hydrogen (secondary N) is 1. The Morgan fingerprint density at radius 2 is 2.07 bits per heavy atom. The first-order valence-electron chi connectivity index (χ1n) is 5.18. The lowest BCUT2D eigenvalue weighted by Gasteiger charge is -2.20. The molecule has 86 valence electrons. The van der Waals surface area contributed by atoms with Crippen molar-refractivity contribution in [2.24, 2.45) is 0 Å². The Kier molecular flexibility index (Phi) is 5.06. The standard InChI is InChI=1S/C11H18ClNOS/c1-7(6-8(2)14)13-9(3)10-4-5-11(12)15-10/h4-5,7-9,13-14H,6H2,1-3H3. The topological polar surface area (TPSA) is 32.3 Å². The highest BCUT2D eigenvalue weighted by molar-refractivity contribution is 7.16. The van der Waals surface area contributed by atoms with Gasteiger partial charge in [0.1, 0.15) is 0 Å². The van der Waals surface area contributed by atoms with Gasteiger partial charge in [0.15, 0.2) is 0 Å². The third kappa shape index (κ3) is 4.51. The zero-order chi connectivity index (χ0) is 11.4. The second kappa shape index (κ2) is 5.85. The smallest absolute Gasteiger partial charge is 0.0931 e. The van der Waals surface area contributed by atoms with Crippen LogP contribution in [0.3, 0.4) is 0 Å². The van der Waals surface area contributed by atoms with E-state index in [2.05, 4.69) is 19.2 Å². The van der Waals surface area contributed by atoms with Gasteiger partial charge in [0.25, 0.3) is 0 Å². The molecule has 0 radical (unpaired) electrons. The van der Waals surface area contributed by atoms with Gasteiger partial charge in [-0.3, -0.25) is 0 Å². The molecule has 1 aromatic rings. The Labute approximate surface area is 100 Å². The lowest BCUT2D eigenvalue weighted by molar-refractivity contribution is 0.168. The Morgan fingerprint density at radius 3 is 2.53 bits per heavy atom. The monoisotopic (exact) mass is 247 g/mol. The molecule has 0 bridgehead atoms. The minimum absolute atomic E-state index is 0.258. The van der Waals surface area contributed by atoms with Gasteiger partial charge in [-0.1, -0.05) is 11.6 Å². The molecule has 0 spiro atoms. The van der Waals surface area contributed by atoms with Crippen molar-refractivity contribution in [3.8, 4) is 0 Å². The third-order valence-corrected chi connectivity index (χ3v) is 3.66. The summed E-state index contributed by atoms with van der Waals surface area (Å²) in [6.45, 7) is 6.00. The maximum absolute atomic E-state index is 9.25. The molecule has 0 saturated heterocycles. The molecule has 0 aliphatic heterocycles. The molecule has 0 aliphatic carbocycles. The summed E-state index contributed by atoms with van der Waals surface area (Å²) >= 11 is 7.47. The van der Waals surface area contributed by atoms with E-state index < -0.39 is 0 Å². The predicted molar refractivity (Wildman–Crippen MR) is 66.6 cm³/mol. The number of thiophene rings is 1. The summed E-state index contributed by atoms with van der Waals surface area (Å²) in [5.41, 5.74) is 0. The van der Waals surface area contributed by atoms with E-state index in [9.17, 15) is 5.11 Å². The highest BCUT2D eigenvalue weighted by Crippen LogP contribution is 2.27. The largest absolute Gasteiger partial charge is 0.393 e. The lowest BCUT2D eigenvalue weighted by atomic mass is 10.1. The molecule has 0 aliphatic rings. The molecule has 2 nitrogen and oxygen atoms in total. The fourth-order valence-electron chi connectivity index (χ4n) is 1.65. The highest BCUT2D eigenvalue weighted by Gasteiger charge is 2.12. The first-order chi connectivity index (χ1) is 6.99. The third-order valence-electron chi connectivity index (χ3n) is 2.25. The summed E-state index contributed by atoms with van der Waals surface area (Å²) in [7, 11) is 0. The van der Waals surface area contributed by atoms with E-state index in [-0.39, 0.29) is 12.1 Å². The van der Waals surface area contributed by atoms with Gasteiger partial charge in [-0.15, -0.1) is 11.3 Å². The SMILES string of the molecule is CC(O)CC(C)NC(C)c1ccc(Cl)s1. The van der Waals surface area contributed by atoms with Gasteiger partial charge in [0, 0.05) is 17.0 Å². The van der Waals surface area contributed by atoms with Crippen LogP contribution in [0.25, 0.3) is 0 Å². The van der Waals surface area contributed by atoms with Crippen LogP contribution in [0.2, 0.25) is 4.34 Å².